The van der Waals surface area contributed by atoms with Gasteiger partial charge in [0.05, 0.1) is 26.0 Å². The van der Waals surface area contributed by atoms with E-state index in [2.05, 4.69) is 25.3 Å². The number of halogens is 1. The van der Waals surface area contributed by atoms with Gasteiger partial charge in [-0.15, -0.1) is 0 Å². The van der Waals surface area contributed by atoms with Crippen LogP contribution in [-0.2, 0) is 16.1 Å². The molecular weight excluding hydrogens is 417 g/mol. The first-order valence-electron chi connectivity index (χ1n) is 10.5. The van der Waals surface area contributed by atoms with Crippen molar-refractivity contribution in [2.45, 2.75) is 26.0 Å². The first-order chi connectivity index (χ1) is 15.5. The molecule has 1 aromatic heterocycles. The second-order valence-corrected chi connectivity index (χ2v) is 7.72. The van der Waals surface area contributed by atoms with E-state index in [-0.39, 0.29) is 30.0 Å². The number of aromatic nitrogens is 2. The molecule has 1 atom stereocenters. The van der Waals surface area contributed by atoms with E-state index in [1.54, 1.807) is 25.1 Å². The first kappa shape index (κ1) is 22.1. The van der Waals surface area contributed by atoms with Gasteiger partial charge in [0.2, 0.25) is 0 Å². The van der Waals surface area contributed by atoms with Crippen molar-refractivity contribution >= 4 is 11.6 Å². The smallest absolute Gasteiger partial charge is 0.270 e. The number of aryl methyl sites for hydroxylation is 1. The third-order valence-electron chi connectivity index (χ3n) is 5.33. The average Bonchev–Trinajstić information content (AvgIpc) is 3.27. The fraction of sp³-hybridized carbons (Fsp3) is 0.455. The second kappa shape index (κ2) is 10.0. The molecule has 1 aromatic carbocycles. The van der Waals surface area contributed by atoms with Crippen LogP contribution in [0, 0.1) is 12.7 Å². The van der Waals surface area contributed by atoms with Gasteiger partial charge in [0, 0.05) is 32.6 Å². The van der Waals surface area contributed by atoms with Gasteiger partial charge in [0.1, 0.15) is 23.3 Å². The molecule has 0 radical (unpaired) electrons. The third kappa shape index (κ3) is 5.38. The molecule has 4 rings (SSSR count). The van der Waals surface area contributed by atoms with Gasteiger partial charge in [-0.2, -0.15) is 0 Å². The maximum atomic E-state index is 13.6. The molecule has 0 spiro atoms. The van der Waals surface area contributed by atoms with E-state index in [4.69, 9.17) is 14.3 Å². The number of carbonyl (C=O) groups is 1. The van der Waals surface area contributed by atoms with E-state index in [0.717, 1.165) is 32.8 Å². The van der Waals surface area contributed by atoms with E-state index >= 15 is 0 Å². The quantitative estimate of drug-likeness (QED) is 0.695. The number of nitrogens with zero attached hydrogens (tertiary/aromatic N) is 4. The molecule has 2 aliphatic rings. The summed E-state index contributed by atoms with van der Waals surface area (Å²) >= 11 is 0. The average molecular weight is 443 g/mol. The van der Waals surface area contributed by atoms with Gasteiger partial charge in [0.15, 0.2) is 11.6 Å². The number of rotatable bonds is 7. The van der Waals surface area contributed by atoms with Crippen molar-refractivity contribution in [2.24, 2.45) is 5.16 Å². The zero-order valence-electron chi connectivity index (χ0n) is 18.1. The summed E-state index contributed by atoms with van der Waals surface area (Å²) in [5, 5.41) is 7.00. The van der Waals surface area contributed by atoms with Crippen LogP contribution in [0.15, 0.2) is 29.4 Å². The maximum absolute atomic E-state index is 13.6. The maximum Gasteiger partial charge on any atom is 0.270 e. The zero-order chi connectivity index (χ0) is 22.5. The van der Waals surface area contributed by atoms with Crippen LogP contribution < -0.4 is 10.1 Å². The Hall–Kier alpha value is -3.11. The van der Waals surface area contributed by atoms with Crippen LogP contribution >= 0.6 is 0 Å². The summed E-state index contributed by atoms with van der Waals surface area (Å²) in [5.41, 5.74) is 2.23. The van der Waals surface area contributed by atoms with Crippen molar-refractivity contribution in [2.75, 3.05) is 40.0 Å². The van der Waals surface area contributed by atoms with Gasteiger partial charge in [-0.1, -0.05) is 11.2 Å². The Morgan fingerprint density at radius 2 is 2.09 bits per heavy atom. The first-order valence-corrected chi connectivity index (χ1v) is 10.5. The van der Waals surface area contributed by atoms with Crippen molar-refractivity contribution in [3.8, 4) is 5.75 Å². The Bertz CT molecular complexity index is 1010. The number of hydrogen-bond acceptors (Lipinski definition) is 8. The molecular formula is C22H26FN5O4. The molecule has 170 valence electrons. The number of nitrogens with one attached hydrogen (secondary N) is 1. The normalized spacial score (nSPS) is 18.7. The molecule has 9 nitrogen and oxygen atoms in total. The summed E-state index contributed by atoms with van der Waals surface area (Å²) in [6.07, 6.45) is 0.564. The molecule has 2 aromatic rings. The van der Waals surface area contributed by atoms with E-state index in [1.807, 2.05) is 0 Å². The minimum atomic E-state index is -0.454. The summed E-state index contributed by atoms with van der Waals surface area (Å²) in [6.45, 7) is 5.93. The number of oxime groups is 1. The number of benzene rings is 1. The Balaban J connectivity index is 1.38. The van der Waals surface area contributed by atoms with Gasteiger partial charge in [-0.3, -0.25) is 9.69 Å². The Morgan fingerprint density at radius 3 is 2.88 bits per heavy atom. The second-order valence-electron chi connectivity index (χ2n) is 7.72. The van der Waals surface area contributed by atoms with Crippen LogP contribution in [0.4, 0.5) is 4.39 Å². The van der Waals surface area contributed by atoms with Crippen molar-refractivity contribution < 1.29 is 23.5 Å². The van der Waals surface area contributed by atoms with Crippen molar-refractivity contribution in [1.82, 2.24) is 20.2 Å². The largest absolute Gasteiger partial charge is 0.494 e. The fourth-order valence-electron chi connectivity index (χ4n) is 3.67. The molecule has 32 heavy (non-hydrogen) atoms. The topological polar surface area (TPSA) is 98.2 Å². The number of carbonyl (C=O) groups excluding carboxylic acids is 1. The van der Waals surface area contributed by atoms with Gasteiger partial charge in [-0.25, -0.2) is 14.4 Å². The number of ether oxygens (including phenoxy) is 2. The molecule has 0 aliphatic carbocycles. The molecule has 3 heterocycles. The molecule has 1 saturated heterocycles. The fourth-order valence-corrected chi connectivity index (χ4v) is 3.67. The Kier molecular flexibility index (Phi) is 6.91. The van der Waals surface area contributed by atoms with Crippen molar-refractivity contribution in [3.05, 3.63) is 52.9 Å². The Labute approximate surface area is 185 Å². The Morgan fingerprint density at radius 1 is 1.28 bits per heavy atom. The van der Waals surface area contributed by atoms with E-state index < -0.39 is 5.82 Å². The van der Waals surface area contributed by atoms with E-state index in [1.165, 1.54) is 13.2 Å². The highest BCUT2D eigenvalue weighted by Gasteiger charge is 2.27. The lowest BCUT2D eigenvalue weighted by molar-refractivity contribution is -0.0000403. The van der Waals surface area contributed by atoms with Crippen molar-refractivity contribution in [1.29, 1.82) is 0 Å². The van der Waals surface area contributed by atoms with E-state index in [9.17, 15) is 9.18 Å². The predicted molar refractivity (Wildman–Crippen MR) is 114 cm³/mol. The number of morpholine rings is 1. The molecule has 10 heteroatoms. The highest BCUT2D eigenvalue weighted by molar-refractivity contribution is 6.01. The third-order valence-corrected chi connectivity index (χ3v) is 5.33. The van der Waals surface area contributed by atoms with Gasteiger partial charge < -0.3 is 19.6 Å². The predicted octanol–water partition coefficient (Wildman–Crippen LogP) is 1.69. The lowest BCUT2D eigenvalue weighted by atomic mass is 10.1. The van der Waals surface area contributed by atoms with Gasteiger partial charge >= 0.3 is 0 Å². The molecule has 1 N–H and O–H groups in total. The highest BCUT2D eigenvalue weighted by Crippen LogP contribution is 2.19. The molecule has 0 bridgehead atoms. The minimum absolute atomic E-state index is 0.0518. The molecule has 2 aliphatic heterocycles. The number of hydrogen-bond donors (Lipinski definition) is 1. The van der Waals surface area contributed by atoms with Crippen LogP contribution in [-0.4, -0.2) is 72.5 Å². The molecule has 0 saturated carbocycles. The summed E-state index contributed by atoms with van der Waals surface area (Å²) in [5.74, 6) is -0.215. The van der Waals surface area contributed by atoms with Crippen LogP contribution in [0.3, 0.4) is 0 Å². The summed E-state index contributed by atoms with van der Waals surface area (Å²) in [4.78, 5) is 29.3. The monoisotopic (exact) mass is 443 g/mol. The van der Waals surface area contributed by atoms with Crippen LogP contribution in [0.5, 0.6) is 5.75 Å². The number of methoxy groups -OCH3 is 1. The lowest BCUT2D eigenvalue weighted by Gasteiger charge is -2.27. The zero-order valence-corrected chi connectivity index (χ0v) is 18.1. The number of amides is 1. The van der Waals surface area contributed by atoms with Crippen LogP contribution in [0.1, 0.15) is 34.0 Å². The van der Waals surface area contributed by atoms with Crippen LogP contribution in [0.25, 0.3) is 0 Å². The molecule has 1 fully saturated rings. The van der Waals surface area contributed by atoms with Crippen molar-refractivity contribution in [3.63, 3.8) is 0 Å². The van der Waals surface area contributed by atoms with E-state index in [0.29, 0.717) is 29.2 Å². The SMILES string of the molecule is COc1cc(CNC(=O)c2cc(C3=NOC(CN4CCOCC4)C3)nc(C)n2)ccc1F. The molecule has 1 unspecified atom stereocenters. The standard InChI is InChI=1S/C22H26FN5O4/c1-14-25-18(19-10-16(32-27-19)13-28-5-7-31-8-6-28)11-20(26-14)22(29)24-12-15-3-4-17(23)21(9-15)30-2/h3-4,9,11,16H,5-8,10,12-13H2,1-2H3,(H,24,29). The summed E-state index contributed by atoms with van der Waals surface area (Å²) < 4.78 is 23.9. The minimum Gasteiger partial charge on any atom is -0.494 e. The summed E-state index contributed by atoms with van der Waals surface area (Å²) in [6, 6.07) is 6.06. The highest BCUT2D eigenvalue weighted by atomic mass is 19.1. The van der Waals surface area contributed by atoms with Gasteiger partial charge in [-0.05, 0) is 30.7 Å². The lowest BCUT2D eigenvalue weighted by Crippen LogP contribution is -2.41. The van der Waals surface area contributed by atoms with Crippen LogP contribution in [0.2, 0.25) is 0 Å². The summed E-state index contributed by atoms with van der Waals surface area (Å²) in [7, 11) is 1.40. The van der Waals surface area contributed by atoms with Gasteiger partial charge in [0.25, 0.3) is 5.91 Å². The molecule has 1 amide bonds.